The quantitative estimate of drug-likeness (QED) is 0.891. The van der Waals surface area contributed by atoms with Crippen LogP contribution in [0.4, 0.5) is 5.82 Å². The highest BCUT2D eigenvalue weighted by Crippen LogP contribution is 2.36. The fourth-order valence-electron chi connectivity index (χ4n) is 1.92. The van der Waals surface area contributed by atoms with Crippen LogP contribution in [0, 0.1) is 11.8 Å². The van der Waals surface area contributed by atoms with Crippen LogP contribution in [-0.2, 0) is 0 Å². The van der Waals surface area contributed by atoms with E-state index in [-0.39, 0.29) is 0 Å². The molecule has 2 nitrogen and oxygen atoms in total. The highest BCUT2D eigenvalue weighted by Gasteiger charge is 2.34. The maximum atomic E-state index is 6.08. The van der Waals surface area contributed by atoms with Gasteiger partial charge in [-0.3, -0.25) is 0 Å². The van der Waals surface area contributed by atoms with Crippen molar-refractivity contribution in [1.29, 1.82) is 0 Å². The third kappa shape index (κ3) is 2.28. The Morgan fingerprint density at radius 3 is 2.80 bits per heavy atom. The first-order valence-corrected chi connectivity index (χ1v) is 6.32. The Kier molecular flexibility index (Phi) is 3.21. The predicted octanol–water partition coefficient (Wildman–Crippen LogP) is 3.95. The second kappa shape index (κ2) is 4.30. The summed E-state index contributed by atoms with van der Waals surface area (Å²) < 4.78 is 0.910. The molecule has 1 aliphatic rings. The number of aromatic nitrogens is 1. The largest absolute Gasteiger partial charge is 0.366 e. The molecule has 82 valence electrons. The molecule has 1 fully saturated rings. The van der Waals surface area contributed by atoms with Gasteiger partial charge in [-0.2, -0.15) is 0 Å². The summed E-state index contributed by atoms with van der Waals surface area (Å²) in [5, 5.41) is 4.07. The first kappa shape index (κ1) is 11.2. The van der Waals surface area contributed by atoms with Gasteiger partial charge in [0, 0.05) is 16.7 Å². The van der Waals surface area contributed by atoms with Gasteiger partial charge in [0.05, 0.1) is 5.02 Å². The Labute approximate surface area is 104 Å². The second-order valence-electron chi connectivity index (χ2n) is 4.31. The first-order valence-electron chi connectivity index (χ1n) is 5.15. The Bertz CT molecular complexity index is 370. The van der Waals surface area contributed by atoms with Crippen LogP contribution in [0.2, 0.25) is 5.02 Å². The van der Waals surface area contributed by atoms with Crippen LogP contribution in [0.25, 0.3) is 0 Å². The summed E-state index contributed by atoms with van der Waals surface area (Å²) in [6.07, 6.45) is 2.97. The van der Waals surface area contributed by atoms with E-state index in [1.807, 2.05) is 6.07 Å². The Hall–Kier alpha value is -0.280. The van der Waals surface area contributed by atoms with Gasteiger partial charge in [-0.1, -0.05) is 25.4 Å². The fourth-order valence-corrected chi connectivity index (χ4v) is 2.60. The molecule has 2 rings (SSSR count). The van der Waals surface area contributed by atoms with Crippen molar-refractivity contribution < 1.29 is 0 Å². The zero-order valence-electron chi connectivity index (χ0n) is 8.80. The smallest absolute Gasteiger partial charge is 0.145 e. The lowest BCUT2D eigenvalue weighted by atomic mass is 9.71. The van der Waals surface area contributed by atoms with Gasteiger partial charge in [0.1, 0.15) is 5.82 Å². The van der Waals surface area contributed by atoms with E-state index in [0.717, 1.165) is 16.2 Å². The normalized spacial score (nSPS) is 29.7. The van der Waals surface area contributed by atoms with Gasteiger partial charge in [-0.15, -0.1) is 0 Å². The van der Waals surface area contributed by atoms with Crippen LogP contribution in [0.3, 0.4) is 0 Å². The molecule has 0 amide bonds. The molecule has 1 saturated carbocycles. The van der Waals surface area contributed by atoms with Crippen molar-refractivity contribution in [3.05, 3.63) is 21.8 Å². The summed E-state index contributed by atoms with van der Waals surface area (Å²) >= 11 is 9.42. The van der Waals surface area contributed by atoms with Gasteiger partial charge in [0.15, 0.2) is 0 Å². The topological polar surface area (TPSA) is 24.9 Å². The molecule has 1 aliphatic carbocycles. The molecule has 1 aromatic rings. The molecule has 3 unspecified atom stereocenters. The third-order valence-electron chi connectivity index (χ3n) is 3.29. The summed E-state index contributed by atoms with van der Waals surface area (Å²) in [6.45, 7) is 4.54. The average molecular weight is 290 g/mol. The zero-order chi connectivity index (χ0) is 11.0. The van der Waals surface area contributed by atoms with E-state index in [1.165, 1.54) is 6.42 Å². The second-order valence-corrected chi connectivity index (χ2v) is 5.63. The molecular weight excluding hydrogens is 275 g/mol. The van der Waals surface area contributed by atoms with Crippen molar-refractivity contribution in [2.75, 3.05) is 5.32 Å². The van der Waals surface area contributed by atoms with E-state index in [1.54, 1.807) is 6.20 Å². The van der Waals surface area contributed by atoms with Crippen LogP contribution in [-0.4, -0.2) is 11.0 Å². The summed E-state index contributed by atoms with van der Waals surface area (Å²) in [5.41, 5.74) is 0. The lowest BCUT2D eigenvalue weighted by Gasteiger charge is -2.41. The summed E-state index contributed by atoms with van der Waals surface area (Å²) in [6, 6.07) is 2.38. The number of rotatable bonds is 2. The first-order chi connectivity index (χ1) is 7.08. The van der Waals surface area contributed by atoms with Crippen LogP contribution < -0.4 is 5.32 Å². The van der Waals surface area contributed by atoms with Crippen molar-refractivity contribution in [2.45, 2.75) is 26.3 Å². The van der Waals surface area contributed by atoms with E-state index >= 15 is 0 Å². The molecule has 0 bridgehead atoms. The van der Waals surface area contributed by atoms with E-state index < -0.39 is 0 Å². The molecule has 0 saturated heterocycles. The van der Waals surface area contributed by atoms with Crippen LogP contribution >= 0.6 is 27.5 Å². The number of nitrogens with one attached hydrogen (secondary N) is 1. The summed E-state index contributed by atoms with van der Waals surface area (Å²) in [5.74, 6) is 2.30. The van der Waals surface area contributed by atoms with E-state index in [4.69, 9.17) is 11.6 Å². The lowest BCUT2D eigenvalue weighted by Crippen LogP contribution is -2.43. The predicted molar refractivity (Wildman–Crippen MR) is 67.3 cm³/mol. The Morgan fingerprint density at radius 2 is 2.27 bits per heavy atom. The molecule has 1 aromatic heterocycles. The molecule has 15 heavy (non-hydrogen) atoms. The highest BCUT2D eigenvalue weighted by molar-refractivity contribution is 9.10. The number of pyridine rings is 1. The van der Waals surface area contributed by atoms with Gasteiger partial charge in [-0.25, -0.2) is 4.98 Å². The Balaban J connectivity index is 2.05. The minimum absolute atomic E-state index is 0.520. The maximum Gasteiger partial charge on any atom is 0.145 e. The van der Waals surface area contributed by atoms with Crippen LogP contribution in [0.15, 0.2) is 16.7 Å². The average Bonchev–Trinajstić information content (AvgIpc) is 2.20. The maximum absolute atomic E-state index is 6.08. The standard InChI is InChI=1S/C11H14BrClN2/c1-6-3-10(7(6)2)15-11-9(13)4-8(12)5-14-11/h4-7,10H,3H2,1-2H3,(H,14,15). The SMILES string of the molecule is CC1CC(Nc2ncc(Br)cc2Cl)C1C. The minimum Gasteiger partial charge on any atom is -0.366 e. The third-order valence-corrected chi connectivity index (χ3v) is 4.01. The summed E-state index contributed by atoms with van der Waals surface area (Å²) in [4.78, 5) is 4.27. The molecule has 4 heteroatoms. The Morgan fingerprint density at radius 1 is 1.53 bits per heavy atom. The zero-order valence-corrected chi connectivity index (χ0v) is 11.1. The van der Waals surface area contributed by atoms with Gasteiger partial charge in [0.2, 0.25) is 0 Å². The number of hydrogen-bond acceptors (Lipinski definition) is 2. The molecule has 0 spiro atoms. The van der Waals surface area contributed by atoms with Crippen molar-refractivity contribution >= 4 is 33.3 Å². The molecule has 0 radical (unpaired) electrons. The summed E-state index contributed by atoms with van der Waals surface area (Å²) in [7, 11) is 0. The van der Waals surface area contributed by atoms with Gasteiger partial charge in [-0.05, 0) is 40.3 Å². The van der Waals surface area contributed by atoms with Crippen molar-refractivity contribution in [1.82, 2.24) is 4.98 Å². The van der Waals surface area contributed by atoms with Crippen molar-refractivity contribution in [3.8, 4) is 0 Å². The number of nitrogens with zero attached hydrogens (tertiary/aromatic N) is 1. The van der Waals surface area contributed by atoms with Gasteiger partial charge < -0.3 is 5.32 Å². The fraction of sp³-hybridized carbons (Fsp3) is 0.545. The van der Waals surface area contributed by atoms with Crippen molar-refractivity contribution in [2.24, 2.45) is 11.8 Å². The number of halogens is 2. The number of anilines is 1. The molecule has 1 heterocycles. The van der Waals surface area contributed by atoms with E-state index in [2.05, 4.69) is 40.1 Å². The van der Waals surface area contributed by atoms with Gasteiger partial charge in [0.25, 0.3) is 0 Å². The minimum atomic E-state index is 0.520. The van der Waals surface area contributed by atoms with E-state index in [9.17, 15) is 0 Å². The van der Waals surface area contributed by atoms with E-state index in [0.29, 0.717) is 17.0 Å². The van der Waals surface area contributed by atoms with Crippen LogP contribution in [0.1, 0.15) is 20.3 Å². The molecular formula is C11H14BrClN2. The molecule has 0 aromatic carbocycles. The highest BCUT2D eigenvalue weighted by atomic mass is 79.9. The lowest BCUT2D eigenvalue weighted by molar-refractivity contribution is 0.188. The van der Waals surface area contributed by atoms with Gasteiger partial charge >= 0.3 is 0 Å². The van der Waals surface area contributed by atoms with Crippen LogP contribution in [0.5, 0.6) is 0 Å². The molecule has 3 atom stereocenters. The molecule has 1 N–H and O–H groups in total. The van der Waals surface area contributed by atoms with Crippen molar-refractivity contribution in [3.63, 3.8) is 0 Å². The molecule has 0 aliphatic heterocycles. The number of hydrogen-bond donors (Lipinski definition) is 1. The monoisotopic (exact) mass is 288 g/mol.